The van der Waals surface area contributed by atoms with E-state index in [1.54, 1.807) is 0 Å². The van der Waals surface area contributed by atoms with Crippen LogP contribution >= 0.6 is 0 Å². The Morgan fingerprint density at radius 1 is 1.07 bits per heavy atom. The Morgan fingerprint density at radius 3 is 2.67 bits per heavy atom. The highest BCUT2D eigenvalue weighted by Crippen LogP contribution is 2.65. The number of aliphatic hydroxyl groups excluding tert-OH is 1. The monoisotopic (exact) mass is 590 g/mol. The molecule has 0 bridgehead atoms. The quantitative estimate of drug-likeness (QED) is 0.321. The third-order valence-electron chi connectivity index (χ3n) is 12.9. The number of hydrogen-bond acceptors (Lipinski definition) is 5. The summed E-state index contributed by atoms with van der Waals surface area (Å²) in [5.74, 6) is 2.46. The van der Waals surface area contributed by atoms with E-state index in [1.807, 2.05) is 0 Å². The number of carbonyl (C=O) groups excluding carboxylic acids is 1. The Morgan fingerprint density at radius 2 is 1.88 bits per heavy atom. The average Bonchev–Trinajstić information content (AvgIpc) is 3.31. The molecule has 0 spiro atoms. The van der Waals surface area contributed by atoms with Crippen molar-refractivity contribution in [3.05, 3.63) is 47.5 Å². The summed E-state index contributed by atoms with van der Waals surface area (Å²) in [6, 6.07) is 10.7. The van der Waals surface area contributed by atoms with Gasteiger partial charge in [0.15, 0.2) is 6.61 Å². The van der Waals surface area contributed by atoms with E-state index < -0.39 is 0 Å². The number of allylic oxidation sites excluding steroid dienone is 2. The molecule has 6 nitrogen and oxygen atoms in total. The zero-order valence-electron chi connectivity index (χ0n) is 26.9. The molecule has 1 aromatic rings. The van der Waals surface area contributed by atoms with Crippen LogP contribution in [0.4, 0.5) is 0 Å². The van der Waals surface area contributed by atoms with Crippen LogP contribution in [-0.2, 0) is 19.8 Å². The van der Waals surface area contributed by atoms with Crippen LogP contribution in [0.2, 0.25) is 0 Å². The Kier molecular flexibility index (Phi) is 8.83. The first-order chi connectivity index (χ1) is 20.6. The van der Waals surface area contributed by atoms with Gasteiger partial charge < -0.3 is 20.0 Å². The molecular formula is C37H54N2O4. The van der Waals surface area contributed by atoms with Gasteiger partial charge in [-0.25, -0.2) is 0 Å². The predicted molar refractivity (Wildman–Crippen MR) is 171 cm³/mol. The first-order valence-electron chi connectivity index (χ1n) is 17.2. The molecule has 8 atom stereocenters. The lowest BCUT2D eigenvalue weighted by molar-refractivity contribution is -0.125. The average molecular weight is 591 g/mol. The summed E-state index contributed by atoms with van der Waals surface area (Å²) in [4.78, 5) is 18.4. The summed E-state index contributed by atoms with van der Waals surface area (Å²) < 4.78 is 6.11. The number of fused-ring (bicyclic) bond motifs is 5. The Hall–Kier alpha value is -2.18. The van der Waals surface area contributed by atoms with Gasteiger partial charge in [-0.1, -0.05) is 68.8 Å². The zero-order valence-corrected chi connectivity index (χ0v) is 26.9. The molecule has 6 heteroatoms. The molecule has 3 saturated carbocycles. The number of oxime groups is 1. The zero-order chi connectivity index (χ0) is 30.2. The fraction of sp³-hybridized carbons (Fsp3) is 0.730. The van der Waals surface area contributed by atoms with Crippen molar-refractivity contribution in [2.24, 2.45) is 39.7 Å². The van der Waals surface area contributed by atoms with Crippen molar-refractivity contribution in [1.29, 1.82) is 0 Å². The van der Waals surface area contributed by atoms with Crippen molar-refractivity contribution in [3.63, 3.8) is 0 Å². The highest BCUT2D eigenvalue weighted by Gasteiger charge is 2.58. The number of hydrogen-bond donors (Lipinski definition) is 2. The van der Waals surface area contributed by atoms with E-state index in [0.29, 0.717) is 24.3 Å². The number of nitrogens with one attached hydrogen (secondary N) is 1. The fourth-order valence-corrected chi connectivity index (χ4v) is 10.1. The van der Waals surface area contributed by atoms with Crippen LogP contribution < -0.4 is 5.32 Å². The summed E-state index contributed by atoms with van der Waals surface area (Å²) in [5, 5.41) is 18.3. The van der Waals surface area contributed by atoms with Crippen molar-refractivity contribution in [2.45, 2.75) is 116 Å². The Bertz CT molecular complexity index is 1210. The van der Waals surface area contributed by atoms with Gasteiger partial charge in [-0.3, -0.25) is 4.79 Å². The molecule has 1 aromatic carbocycles. The van der Waals surface area contributed by atoms with E-state index in [-0.39, 0.29) is 41.0 Å². The van der Waals surface area contributed by atoms with E-state index in [9.17, 15) is 9.90 Å². The molecular weight excluding hydrogens is 536 g/mol. The van der Waals surface area contributed by atoms with Crippen LogP contribution in [0.5, 0.6) is 0 Å². The lowest BCUT2D eigenvalue weighted by atomic mass is 9.47. The molecule has 4 fully saturated rings. The molecule has 43 heavy (non-hydrogen) atoms. The topological polar surface area (TPSA) is 80.2 Å². The number of amides is 1. The third-order valence-corrected chi connectivity index (χ3v) is 12.9. The largest absolute Gasteiger partial charge is 0.393 e. The highest BCUT2D eigenvalue weighted by atomic mass is 16.6. The van der Waals surface area contributed by atoms with Crippen molar-refractivity contribution in [1.82, 2.24) is 5.32 Å². The van der Waals surface area contributed by atoms with E-state index in [4.69, 9.17) is 9.57 Å². The van der Waals surface area contributed by atoms with Crippen LogP contribution in [0.3, 0.4) is 0 Å². The summed E-state index contributed by atoms with van der Waals surface area (Å²) in [7, 11) is 0. The number of benzene rings is 1. The SMILES string of the molecule is CC(C)[C@H]1C[C@@](CCNC(=O)CO/N=C2/C=C3CC[C@H]4[C@@H]5CC[C@H](O)[C@@]5(C)CC[C@@H]4[C@@]3(C)CC2)(c2ccccc2)CCO1. The molecule has 4 aliphatic carbocycles. The fourth-order valence-electron chi connectivity index (χ4n) is 10.1. The molecule has 0 radical (unpaired) electrons. The molecule has 1 heterocycles. The van der Waals surface area contributed by atoms with Crippen molar-refractivity contribution >= 4 is 11.6 Å². The van der Waals surface area contributed by atoms with Crippen molar-refractivity contribution in [2.75, 3.05) is 19.8 Å². The second-order valence-electron chi connectivity index (χ2n) is 15.3. The van der Waals surface area contributed by atoms with Crippen LogP contribution in [0.25, 0.3) is 0 Å². The van der Waals surface area contributed by atoms with Crippen molar-refractivity contribution < 1.29 is 19.5 Å². The van der Waals surface area contributed by atoms with Gasteiger partial charge in [0.2, 0.25) is 0 Å². The Balaban J connectivity index is 1.02. The van der Waals surface area contributed by atoms with Crippen LogP contribution in [0.15, 0.2) is 47.1 Å². The molecule has 236 valence electrons. The molecule has 5 aliphatic rings. The van der Waals surface area contributed by atoms with E-state index in [2.05, 4.69) is 74.6 Å². The summed E-state index contributed by atoms with van der Waals surface area (Å²) in [6.07, 6.45) is 14.1. The van der Waals surface area contributed by atoms with Gasteiger partial charge in [-0.2, -0.15) is 0 Å². The van der Waals surface area contributed by atoms with Gasteiger partial charge in [0.25, 0.3) is 5.91 Å². The van der Waals surface area contributed by atoms with Crippen LogP contribution in [-0.4, -0.2) is 48.7 Å². The first kappa shape index (κ1) is 30.8. The second-order valence-corrected chi connectivity index (χ2v) is 15.3. The van der Waals surface area contributed by atoms with Gasteiger partial charge in [-0.15, -0.1) is 0 Å². The first-order valence-corrected chi connectivity index (χ1v) is 17.2. The lowest BCUT2D eigenvalue weighted by Crippen LogP contribution is -2.51. The van der Waals surface area contributed by atoms with Gasteiger partial charge in [0.05, 0.1) is 17.9 Å². The number of carbonyl (C=O) groups is 1. The van der Waals surface area contributed by atoms with Gasteiger partial charge in [-0.05, 0) is 117 Å². The predicted octanol–water partition coefficient (Wildman–Crippen LogP) is 6.96. The minimum Gasteiger partial charge on any atom is -0.393 e. The smallest absolute Gasteiger partial charge is 0.260 e. The maximum Gasteiger partial charge on any atom is 0.260 e. The number of rotatable bonds is 8. The summed E-state index contributed by atoms with van der Waals surface area (Å²) >= 11 is 0. The minimum absolute atomic E-state index is 0.0112. The molecule has 1 saturated heterocycles. The van der Waals surface area contributed by atoms with Crippen molar-refractivity contribution in [3.8, 4) is 0 Å². The van der Waals surface area contributed by atoms with Gasteiger partial charge >= 0.3 is 0 Å². The normalized spacial score (nSPS) is 39.9. The maximum absolute atomic E-state index is 12.8. The van der Waals surface area contributed by atoms with Crippen LogP contribution in [0, 0.1) is 34.5 Å². The molecule has 1 aliphatic heterocycles. The van der Waals surface area contributed by atoms with Gasteiger partial charge in [0, 0.05) is 18.6 Å². The van der Waals surface area contributed by atoms with E-state index >= 15 is 0 Å². The highest BCUT2D eigenvalue weighted by molar-refractivity contribution is 5.96. The second kappa shape index (κ2) is 12.3. The molecule has 0 unspecified atom stereocenters. The summed E-state index contributed by atoms with van der Waals surface area (Å²) in [6.45, 7) is 10.6. The van der Waals surface area contributed by atoms with E-state index in [0.717, 1.165) is 69.6 Å². The molecule has 2 N–H and O–H groups in total. The maximum atomic E-state index is 12.8. The number of aliphatic hydroxyl groups is 1. The standard InChI is InChI=1S/C37H54N2O4/c1-25(2)32-23-37(19-21-42-32,26-8-6-5-7-9-26)18-20-38-34(41)24-43-39-28-14-16-35(3)27(22-28)10-11-29-30-12-13-33(40)36(30,4)17-15-31(29)35/h5-9,22,25,29-33,40H,10-21,23-24H2,1-4H3,(H,38,41)/b39-28+/t29-,30-,31-,32+,33-,35-,36-,37-/m0/s1. The molecule has 6 rings (SSSR count). The van der Waals surface area contributed by atoms with Gasteiger partial charge in [0.1, 0.15) is 0 Å². The molecule has 0 aromatic heterocycles. The van der Waals surface area contributed by atoms with E-state index in [1.165, 1.54) is 30.4 Å². The number of nitrogens with zero attached hydrogens (tertiary/aromatic N) is 1. The number of ether oxygens (including phenoxy) is 1. The van der Waals surface area contributed by atoms with Crippen LogP contribution in [0.1, 0.15) is 104 Å². The molecule has 1 amide bonds. The third kappa shape index (κ3) is 5.83. The Labute approximate surface area is 259 Å². The summed E-state index contributed by atoms with van der Waals surface area (Å²) in [5.41, 5.74) is 4.20. The minimum atomic E-state index is -0.119. The lowest BCUT2D eigenvalue weighted by Gasteiger charge is -2.57.